The predicted octanol–water partition coefficient (Wildman–Crippen LogP) is 1.81. The molecule has 0 fully saturated rings. The van der Waals surface area contributed by atoms with E-state index in [2.05, 4.69) is 26.1 Å². The Morgan fingerprint density at radius 1 is 1.21 bits per heavy atom. The van der Waals surface area contributed by atoms with Gasteiger partial charge in [0.25, 0.3) is 5.56 Å². The lowest BCUT2D eigenvalue weighted by atomic mass is 10.1. The third-order valence-corrected chi connectivity index (χ3v) is 3.74. The summed E-state index contributed by atoms with van der Waals surface area (Å²) in [5, 5.41) is 3.89. The standard InChI is InChI=1S/C14H18N2O2S/c1-14(2,3)15-8-9-16-12(17)10-6-4-5-7-11(10)19-13(16)18/h4-7,15H,8-9H2,1-3H3. The van der Waals surface area contributed by atoms with Crippen LogP contribution in [0.2, 0.25) is 0 Å². The first-order valence-electron chi connectivity index (χ1n) is 6.26. The molecule has 0 atom stereocenters. The van der Waals surface area contributed by atoms with Crippen molar-refractivity contribution in [2.45, 2.75) is 32.9 Å². The molecule has 0 saturated carbocycles. The summed E-state index contributed by atoms with van der Waals surface area (Å²) in [6.45, 7) is 7.16. The fraction of sp³-hybridized carbons (Fsp3) is 0.429. The van der Waals surface area contributed by atoms with E-state index >= 15 is 0 Å². The van der Waals surface area contributed by atoms with Gasteiger partial charge in [0.05, 0.1) is 5.39 Å². The van der Waals surface area contributed by atoms with Gasteiger partial charge in [-0.2, -0.15) is 0 Å². The molecule has 2 aromatic rings. The summed E-state index contributed by atoms with van der Waals surface area (Å²) in [5.74, 6) is 0. The molecule has 4 nitrogen and oxygen atoms in total. The first-order chi connectivity index (χ1) is 8.88. The van der Waals surface area contributed by atoms with Gasteiger partial charge in [0.2, 0.25) is 0 Å². The molecule has 0 spiro atoms. The predicted molar refractivity (Wildman–Crippen MR) is 80.1 cm³/mol. The zero-order chi connectivity index (χ0) is 14.0. The van der Waals surface area contributed by atoms with E-state index in [1.54, 1.807) is 12.1 Å². The molecule has 0 amide bonds. The van der Waals surface area contributed by atoms with Crippen molar-refractivity contribution in [3.63, 3.8) is 0 Å². The molecule has 102 valence electrons. The lowest BCUT2D eigenvalue weighted by Gasteiger charge is -2.20. The van der Waals surface area contributed by atoms with Crippen LogP contribution in [0.4, 0.5) is 0 Å². The minimum absolute atomic E-state index is 0.0209. The number of rotatable bonds is 3. The Bertz CT molecular complexity index is 695. The summed E-state index contributed by atoms with van der Waals surface area (Å²) in [6, 6.07) is 7.23. The highest BCUT2D eigenvalue weighted by Crippen LogP contribution is 2.10. The minimum Gasteiger partial charge on any atom is -0.310 e. The van der Waals surface area contributed by atoms with Crippen LogP contribution in [-0.2, 0) is 6.54 Å². The van der Waals surface area contributed by atoms with Crippen LogP contribution in [0.25, 0.3) is 10.1 Å². The van der Waals surface area contributed by atoms with E-state index in [0.29, 0.717) is 18.5 Å². The largest absolute Gasteiger partial charge is 0.310 e. The van der Waals surface area contributed by atoms with Crippen molar-refractivity contribution in [3.8, 4) is 0 Å². The first-order valence-corrected chi connectivity index (χ1v) is 7.08. The number of hydrogen-bond acceptors (Lipinski definition) is 4. The number of benzene rings is 1. The van der Waals surface area contributed by atoms with E-state index in [9.17, 15) is 9.59 Å². The molecular weight excluding hydrogens is 260 g/mol. The van der Waals surface area contributed by atoms with E-state index in [0.717, 1.165) is 16.0 Å². The minimum atomic E-state index is -0.199. The van der Waals surface area contributed by atoms with E-state index in [4.69, 9.17) is 0 Å². The molecule has 0 saturated heterocycles. The third-order valence-electron chi connectivity index (χ3n) is 2.77. The summed E-state index contributed by atoms with van der Waals surface area (Å²) in [5.41, 5.74) is -0.220. The molecule has 0 aliphatic carbocycles. The summed E-state index contributed by atoms with van der Waals surface area (Å²) < 4.78 is 2.06. The molecule has 0 radical (unpaired) electrons. The second kappa shape index (κ2) is 5.27. The molecule has 1 heterocycles. The van der Waals surface area contributed by atoms with Crippen LogP contribution < -0.4 is 15.7 Å². The number of fused-ring (bicyclic) bond motifs is 1. The average Bonchev–Trinajstić information content (AvgIpc) is 2.32. The molecule has 2 rings (SSSR count). The number of nitrogens with zero attached hydrogens (tertiary/aromatic N) is 1. The molecule has 19 heavy (non-hydrogen) atoms. The van der Waals surface area contributed by atoms with Gasteiger partial charge in [-0.1, -0.05) is 23.5 Å². The lowest BCUT2D eigenvalue weighted by Crippen LogP contribution is -2.41. The van der Waals surface area contributed by atoms with E-state index in [1.807, 2.05) is 12.1 Å². The Kier molecular flexibility index (Phi) is 3.87. The van der Waals surface area contributed by atoms with Crippen LogP contribution in [0, 0.1) is 0 Å². The summed E-state index contributed by atoms with van der Waals surface area (Å²) in [7, 11) is 0. The van der Waals surface area contributed by atoms with Crippen LogP contribution in [0.15, 0.2) is 33.9 Å². The van der Waals surface area contributed by atoms with Gasteiger partial charge in [0, 0.05) is 23.3 Å². The molecule has 0 aliphatic rings. The Labute approximate surface area is 115 Å². The van der Waals surface area contributed by atoms with Crippen molar-refractivity contribution >= 4 is 21.4 Å². The van der Waals surface area contributed by atoms with Gasteiger partial charge in [0.15, 0.2) is 0 Å². The van der Waals surface area contributed by atoms with Crippen LogP contribution in [-0.4, -0.2) is 16.7 Å². The van der Waals surface area contributed by atoms with Crippen molar-refractivity contribution in [2.24, 2.45) is 0 Å². The van der Waals surface area contributed by atoms with E-state index in [1.165, 1.54) is 4.57 Å². The van der Waals surface area contributed by atoms with E-state index in [-0.39, 0.29) is 16.0 Å². The smallest absolute Gasteiger partial charge is 0.310 e. The van der Waals surface area contributed by atoms with Crippen molar-refractivity contribution in [1.29, 1.82) is 0 Å². The van der Waals surface area contributed by atoms with Crippen molar-refractivity contribution in [3.05, 3.63) is 44.3 Å². The number of aromatic nitrogens is 1. The highest BCUT2D eigenvalue weighted by Gasteiger charge is 2.10. The Morgan fingerprint density at radius 3 is 2.58 bits per heavy atom. The van der Waals surface area contributed by atoms with Crippen molar-refractivity contribution in [1.82, 2.24) is 9.88 Å². The van der Waals surface area contributed by atoms with Crippen LogP contribution in [0.1, 0.15) is 20.8 Å². The summed E-state index contributed by atoms with van der Waals surface area (Å²) >= 11 is 1.12. The highest BCUT2D eigenvalue weighted by molar-refractivity contribution is 7.16. The van der Waals surface area contributed by atoms with Crippen LogP contribution in [0.5, 0.6) is 0 Å². The normalized spacial score (nSPS) is 11.9. The SMILES string of the molecule is CC(C)(C)NCCn1c(=O)sc2ccccc2c1=O. The first kappa shape index (κ1) is 14.0. The average molecular weight is 278 g/mol. The fourth-order valence-electron chi connectivity index (χ4n) is 1.85. The van der Waals surface area contributed by atoms with Crippen LogP contribution in [0.3, 0.4) is 0 Å². The van der Waals surface area contributed by atoms with Gasteiger partial charge in [-0.05, 0) is 32.9 Å². The van der Waals surface area contributed by atoms with Gasteiger partial charge >= 0.3 is 4.87 Å². The van der Waals surface area contributed by atoms with Gasteiger partial charge < -0.3 is 5.32 Å². The Balaban J connectivity index is 2.34. The highest BCUT2D eigenvalue weighted by atomic mass is 32.1. The number of hydrogen-bond donors (Lipinski definition) is 1. The number of nitrogens with one attached hydrogen (secondary N) is 1. The maximum Gasteiger partial charge on any atom is 0.310 e. The van der Waals surface area contributed by atoms with Gasteiger partial charge in [0.1, 0.15) is 0 Å². The van der Waals surface area contributed by atoms with Gasteiger partial charge in [-0.25, -0.2) is 0 Å². The topological polar surface area (TPSA) is 51.1 Å². The lowest BCUT2D eigenvalue weighted by molar-refractivity contribution is 0.410. The molecule has 5 heteroatoms. The Hall–Kier alpha value is -1.46. The Morgan fingerprint density at radius 2 is 1.89 bits per heavy atom. The second-order valence-electron chi connectivity index (χ2n) is 5.50. The fourth-order valence-corrected chi connectivity index (χ4v) is 2.73. The van der Waals surface area contributed by atoms with Crippen molar-refractivity contribution < 1.29 is 0 Å². The monoisotopic (exact) mass is 278 g/mol. The van der Waals surface area contributed by atoms with Crippen LogP contribution >= 0.6 is 11.3 Å². The quantitative estimate of drug-likeness (QED) is 0.931. The zero-order valence-corrected chi connectivity index (χ0v) is 12.2. The zero-order valence-electron chi connectivity index (χ0n) is 11.4. The van der Waals surface area contributed by atoms with Gasteiger partial charge in [-0.15, -0.1) is 0 Å². The maximum absolute atomic E-state index is 12.2. The second-order valence-corrected chi connectivity index (χ2v) is 6.49. The van der Waals surface area contributed by atoms with E-state index < -0.39 is 0 Å². The molecule has 1 aromatic carbocycles. The molecule has 0 unspecified atom stereocenters. The summed E-state index contributed by atoms with van der Waals surface area (Å²) in [6.07, 6.45) is 0. The summed E-state index contributed by atoms with van der Waals surface area (Å²) in [4.78, 5) is 24.0. The molecule has 0 bridgehead atoms. The molecular formula is C14H18N2O2S. The molecule has 1 N–H and O–H groups in total. The molecule has 1 aromatic heterocycles. The maximum atomic E-state index is 12.2. The van der Waals surface area contributed by atoms with Gasteiger partial charge in [-0.3, -0.25) is 14.2 Å². The third kappa shape index (κ3) is 3.30. The van der Waals surface area contributed by atoms with Crippen molar-refractivity contribution in [2.75, 3.05) is 6.54 Å². The molecule has 0 aliphatic heterocycles.